The second kappa shape index (κ2) is 10.7. The van der Waals surface area contributed by atoms with Gasteiger partial charge in [-0.05, 0) is 38.6 Å². The van der Waals surface area contributed by atoms with Gasteiger partial charge >= 0.3 is 0 Å². The van der Waals surface area contributed by atoms with E-state index in [2.05, 4.69) is 19.1 Å². The predicted molar refractivity (Wildman–Crippen MR) is 62.2 cm³/mol. The zero-order chi connectivity index (χ0) is 10.6. The smallest absolute Gasteiger partial charge is 0.0552 e. The van der Waals surface area contributed by atoms with Crippen molar-refractivity contribution in [2.45, 2.75) is 58.0 Å². The average Bonchev–Trinajstić information content (AvgIpc) is 2.17. The van der Waals surface area contributed by atoms with E-state index in [0.29, 0.717) is 6.54 Å². The molecule has 0 aliphatic rings. The van der Waals surface area contributed by atoms with E-state index in [1.54, 1.807) is 0 Å². The Hall–Kier alpha value is -0.340. The fourth-order valence-electron chi connectivity index (χ4n) is 1.38. The van der Waals surface area contributed by atoms with E-state index in [1.807, 2.05) is 0 Å². The molecule has 0 rings (SSSR count). The fourth-order valence-corrected chi connectivity index (χ4v) is 1.38. The van der Waals surface area contributed by atoms with Crippen LogP contribution in [0.4, 0.5) is 0 Å². The standard InChI is InChI=1S/C12H25NO/c1-2-3-4-5-6-7-8-9-12(14)10-11-13/h4-5,12,14H,2-3,6-11,13H2,1H3. The molecule has 84 valence electrons. The quantitative estimate of drug-likeness (QED) is 0.443. The predicted octanol–water partition coefficient (Wildman–Crippen LogP) is 2.61. The topological polar surface area (TPSA) is 46.2 Å². The maximum atomic E-state index is 9.39. The zero-order valence-corrected chi connectivity index (χ0v) is 9.41. The van der Waals surface area contributed by atoms with Crippen LogP contribution in [0, 0.1) is 0 Å². The van der Waals surface area contributed by atoms with Crippen molar-refractivity contribution in [1.82, 2.24) is 0 Å². The van der Waals surface area contributed by atoms with Gasteiger partial charge in [-0.25, -0.2) is 0 Å². The third kappa shape index (κ3) is 9.75. The molecular formula is C12H25NO. The Bertz CT molecular complexity index is 134. The Morgan fingerprint density at radius 3 is 2.50 bits per heavy atom. The highest BCUT2D eigenvalue weighted by Gasteiger charge is 2.00. The molecule has 0 saturated heterocycles. The van der Waals surface area contributed by atoms with Crippen LogP contribution in [0.5, 0.6) is 0 Å². The minimum absolute atomic E-state index is 0.181. The molecule has 0 aromatic rings. The molecular weight excluding hydrogens is 174 g/mol. The number of allylic oxidation sites excluding steroid dienone is 2. The first kappa shape index (κ1) is 13.7. The Labute approximate surface area is 88.2 Å². The highest BCUT2D eigenvalue weighted by molar-refractivity contribution is 4.80. The number of aliphatic hydroxyl groups is 1. The van der Waals surface area contributed by atoms with Crippen molar-refractivity contribution in [3.05, 3.63) is 12.2 Å². The Morgan fingerprint density at radius 1 is 1.14 bits per heavy atom. The SMILES string of the molecule is CCCC=CCCCCC(O)CCN. The van der Waals surface area contributed by atoms with Crippen LogP contribution in [0.3, 0.4) is 0 Å². The van der Waals surface area contributed by atoms with E-state index in [4.69, 9.17) is 5.73 Å². The number of hydrogen-bond donors (Lipinski definition) is 2. The van der Waals surface area contributed by atoms with Gasteiger partial charge in [-0.2, -0.15) is 0 Å². The molecule has 0 amide bonds. The molecule has 0 saturated carbocycles. The summed E-state index contributed by atoms with van der Waals surface area (Å²) in [6, 6.07) is 0. The van der Waals surface area contributed by atoms with Crippen LogP contribution in [0.25, 0.3) is 0 Å². The van der Waals surface area contributed by atoms with Gasteiger partial charge in [-0.1, -0.05) is 31.9 Å². The molecule has 0 bridgehead atoms. The summed E-state index contributed by atoms with van der Waals surface area (Å²) in [6.45, 7) is 2.78. The Kier molecular flexibility index (Phi) is 10.5. The lowest BCUT2D eigenvalue weighted by Gasteiger charge is -2.07. The van der Waals surface area contributed by atoms with Crippen molar-refractivity contribution in [2.75, 3.05) is 6.54 Å². The molecule has 0 aromatic heterocycles. The highest BCUT2D eigenvalue weighted by atomic mass is 16.3. The summed E-state index contributed by atoms with van der Waals surface area (Å²) >= 11 is 0. The van der Waals surface area contributed by atoms with Crippen LogP contribution >= 0.6 is 0 Å². The largest absolute Gasteiger partial charge is 0.393 e. The van der Waals surface area contributed by atoms with Crippen molar-refractivity contribution in [3.8, 4) is 0 Å². The van der Waals surface area contributed by atoms with Crippen molar-refractivity contribution < 1.29 is 5.11 Å². The third-order valence-corrected chi connectivity index (χ3v) is 2.28. The van der Waals surface area contributed by atoms with E-state index in [9.17, 15) is 5.11 Å². The summed E-state index contributed by atoms with van der Waals surface area (Å²) in [5.74, 6) is 0. The number of rotatable bonds is 9. The molecule has 0 aromatic carbocycles. The van der Waals surface area contributed by atoms with E-state index < -0.39 is 0 Å². The van der Waals surface area contributed by atoms with Gasteiger partial charge in [0.1, 0.15) is 0 Å². The fraction of sp³-hybridized carbons (Fsp3) is 0.833. The molecule has 0 aliphatic heterocycles. The first-order valence-electron chi connectivity index (χ1n) is 5.84. The Balaban J connectivity index is 3.12. The van der Waals surface area contributed by atoms with Crippen LogP contribution in [0.1, 0.15) is 51.9 Å². The van der Waals surface area contributed by atoms with Crippen molar-refractivity contribution in [3.63, 3.8) is 0 Å². The van der Waals surface area contributed by atoms with Crippen LogP contribution in [-0.4, -0.2) is 17.8 Å². The molecule has 2 heteroatoms. The molecule has 1 unspecified atom stereocenters. The number of hydrogen-bond acceptors (Lipinski definition) is 2. The molecule has 0 heterocycles. The van der Waals surface area contributed by atoms with Crippen molar-refractivity contribution in [1.29, 1.82) is 0 Å². The molecule has 0 fully saturated rings. The van der Waals surface area contributed by atoms with Gasteiger partial charge in [-0.3, -0.25) is 0 Å². The van der Waals surface area contributed by atoms with E-state index in [-0.39, 0.29) is 6.10 Å². The first-order valence-corrected chi connectivity index (χ1v) is 5.84. The number of nitrogens with two attached hydrogens (primary N) is 1. The van der Waals surface area contributed by atoms with Crippen LogP contribution in [0.2, 0.25) is 0 Å². The van der Waals surface area contributed by atoms with Gasteiger partial charge in [0.2, 0.25) is 0 Å². The van der Waals surface area contributed by atoms with Gasteiger partial charge in [-0.15, -0.1) is 0 Å². The van der Waals surface area contributed by atoms with Crippen molar-refractivity contribution in [2.24, 2.45) is 5.73 Å². The van der Waals surface area contributed by atoms with Crippen LogP contribution in [0.15, 0.2) is 12.2 Å². The minimum Gasteiger partial charge on any atom is -0.393 e. The van der Waals surface area contributed by atoms with Gasteiger partial charge in [0, 0.05) is 0 Å². The Morgan fingerprint density at radius 2 is 1.86 bits per heavy atom. The van der Waals surface area contributed by atoms with Gasteiger partial charge < -0.3 is 10.8 Å². The maximum absolute atomic E-state index is 9.39. The molecule has 1 atom stereocenters. The molecule has 0 aliphatic carbocycles. The molecule has 2 nitrogen and oxygen atoms in total. The van der Waals surface area contributed by atoms with Crippen LogP contribution in [-0.2, 0) is 0 Å². The number of unbranched alkanes of at least 4 members (excludes halogenated alkanes) is 3. The first-order chi connectivity index (χ1) is 6.81. The molecule has 14 heavy (non-hydrogen) atoms. The van der Waals surface area contributed by atoms with Gasteiger partial charge in [0.05, 0.1) is 6.10 Å². The number of aliphatic hydroxyl groups excluding tert-OH is 1. The summed E-state index contributed by atoms with van der Waals surface area (Å²) in [5.41, 5.74) is 5.34. The normalized spacial score (nSPS) is 13.6. The minimum atomic E-state index is -0.181. The monoisotopic (exact) mass is 199 g/mol. The highest BCUT2D eigenvalue weighted by Crippen LogP contribution is 2.06. The second-order valence-electron chi connectivity index (χ2n) is 3.78. The third-order valence-electron chi connectivity index (χ3n) is 2.28. The molecule has 0 spiro atoms. The summed E-state index contributed by atoms with van der Waals surface area (Å²) in [5, 5.41) is 9.39. The lowest BCUT2D eigenvalue weighted by atomic mass is 10.1. The second-order valence-corrected chi connectivity index (χ2v) is 3.78. The summed E-state index contributed by atoms with van der Waals surface area (Å²) < 4.78 is 0. The summed E-state index contributed by atoms with van der Waals surface area (Å²) in [7, 11) is 0. The van der Waals surface area contributed by atoms with Gasteiger partial charge in [0.25, 0.3) is 0 Å². The lowest BCUT2D eigenvalue weighted by molar-refractivity contribution is 0.154. The van der Waals surface area contributed by atoms with Crippen molar-refractivity contribution >= 4 is 0 Å². The van der Waals surface area contributed by atoms with E-state index in [1.165, 1.54) is 19.3 Å². The van der Waals surface area contributed by atoms with Gasteiger partial charge in [0.15, 0.2) is 0 Å². The average molecular weight is 199 g/mol. The summed E-state index contributed by atoms with van der Waals surface area (Å²) in [6.07, 6.45) is 11.8. The zero-order valence-electron chi connectivity index (χ0n) is 9.41. The van der Waals surface area contributed by atoms with E-state index >= 15 is 0 Å². The van der Waals surface area contributed by atoms with Crippen LogP contribution < -0.4 is 5.73 Å². The molecule has 0 radical (unpaired) electrons. The molecule has 3 N–H and O–H groups in total. The van der Waals surface area contributed by atoms with E-state index in [0.717, 1.165) is 25.7 Å². The maximum Gasteiger partial charge on any atom is 0.0552 e. The summed E-state index contributed by atoms with van der Waals surface area (Å²) in [4.78, 5) is 0. The lowest BCUT2D eigenvalue weighted by Crippen LogP contribution is -2.12.